The smallest absolute Gasteiger partial charge is 0.410 e. The number of aryl methyl sites for hydroxylation is 1. The summed E-state index contributed by atoms with van der Waals surface area (Å²) in [4.78, 5) is 25.8. The van der Waals surface area contributed by atoms with Gasteiger partial charge in [0.25, 0.3) is 0 Å². The van der Waals surface area contributed by atoms with Crippen molar-refractivity contribution in [1.29, 1.82) is 0 Å². The molecule has 1 atom stereocenters. The summed E-state index contributed by atoms with van der Waals surface area (Å²) in [6.07, 6.45) is 0.983. The Morgan fingerprint density at radius 1 is 1.11 bits per heavy atom. The van der Waals surface area contributed by atoms with E-state index in [2.05, 4.69) is 0 Å². The third kappa shape index (κ3) is 4.88. The summed E-state index contributed by atoms with van der Waals surface area (Å²) in [7, 11) is 0. The fourth-order valence-corrected chi connectivity index (χ4v) is 3.71. The van der Waals surface area contributed by atoms with Crippen LogP contribution in [0.1, 0.15) is 35.4 Å². The number of carbonyl (C=O) groups is 2. The average molecular weight is 367 g/mol. The predicted octanol–water partition coefficient (Wildman–Crippen LogP) is 4.21. The van der Waals surface area contributed by atoms with Crippen molar-refractivity contribution in [2.45, 2.75) is 32.3 Å². The molecule has 1 unspecified atom stereocenters. The largest absolute Gasteiger partial charge is 0.481 e. The van der Waals surface area contributed by atoms with Gasteiger partial charge in [0.15, 0.2) is 0 Å². The van der Waals surface area contributed by atoms with Crippen molar-refractivity contribution < 1.29 is 19.4 Å². The van der Waals surface area contributed by atoms with Gasteiger partial charge in [0.2, 0.25) is 0 Å². The maximum atomic E-state index is 12.3. The first-order valence-electron chi connectivity index (χ1n) is 9.29. The lowest BCUT2D eigenvalue weighted by Crippen LogP contribution is -2.41. The number of hydrogen-bond donors (Lipinski definition) is 1. The van der Waals surface area contributed by atoms with Crippen LogP contribution in [0.2, 0.25) is 0 Å². The summed E-state index contributed by atoms with van der Waals surface area (Å²) < 4.78 is 5.38. The second kappa shape index (κ2) is 8.71. The summed E-state index contributed by atoms with van der Waals surface area (Å²) in [5, 5.41) is 9.75. The molecule has 5 nitrogen and oxygen atoms in total. The number of amides is 1. The molecule has 1 saturated heterocycles. The molecule has 0 aliphatic carbocycles. The van der Waals surface area contributed by atoms with Crippen molar-refractivity contribution in [1.82, 2.24) is 4.90 Å². The third-order valence-electron chi connectivity index (χ3n) is 5.14. The Morgan fingerprint density at radius 3 is 2.44 bits per heavy atom. The van der Waals surface area contributed by atoms with E-state index in [0.717, 1.165) is 16.7 Å². The van der Waals surface area contributed by atoms with E-state index in [1.807, 2.05) is 61.5 Å². The van der Waals surface area contributed by atoms with Crippen molar-refractivity contribution in [2.75, 3.05) is 13.1 Å². The third-order valence-corrected chi connectivity index (χ3v) is 5.14. The van der Waals surface area contributed by atoms with E-state index in [0.29, 0.717) is 25.9 Å². The molecule has 1 amide bonds. The van der Waals surface area contributed by atoms with Gasteiger partial charge >= 0.3 is 12.1 Å². The molecule has 0 spiro atoms. The van der Waals surface area contributed by atoms with Gasteiger partial charge in [-0.05, 0) is 36.8 Å². The highest BCUT2D eigenvalue weighted by atomic mass is 16.6. The minimum absolute atomic E-state index is 0.0162. The highest BCUT2D eigenvalue weighted by Crippen LogP contribution is 2.33. The number of hydrogen-bond acceptors (Lipinski definition) is 3. The number of likely N-dealkylation sites (tertiary alicyclic amines) is 1. The molecule has 27 heavy (non-hydrogen) atoms. The van der Waals surface area contributed by atoms with E-state index in [1.54, 1.807) is 4.90 Å². The Balaban J connectivity index is 1.57. The highest BCUT2D eigenvalue weighted by molar-refractivity contribution is 5.76. The molecule has 1 fully saturated rings. The lowest BCUT2D eigenvalue weighted by molar-refractivity contribution is -0.140. The molecule has 5 heteroatoms. The van der Waals surface area contributed by atoms with Crippen LogP contribution in [0.5, 0.6) is 0 Å². The van der Waals surface area contributed by atoms with E-state index in [1.165, 1.54) is 0 Å². The van der Waals surface area contributed by atoms with Gasteiger partial charge in [-0.25, -0.2) is 4.79 Å². The second-order valence-corrected chi connectivity index (χ2v) is 7.09. The molecule has 0 bridgehead atoms. The Kier molecular flexibility index (Phi) is 6.12. The molecule has 1 heterocycles. The number of carboxylic acid groups (broad SMARTS) is 1. The lowest BCUT2D eigenvalue weighted by atomic mass is 9.80. The van der Waals surface area contributed by atoms with Crippen LogP contribution >= 0.6 is 0 Å². The molecule has 3 rings (SSSR count). The fourth-order valence-electron chi connectivity index (χ4n) is 3.71. The Bertz CT molecular complexity index is 782. The van der Waals surface area contributed by atoms with Crippen molar-refractivity contribution in [3.8, 4) is 0 Å². The van der Waals surface area contributed by atoms with Crippen molar-refractivity contribution in [2.24, 2.45) is 5.92 Å². The van der Waals surface area contributed by atoms with E-state index in [9.17, 15) is 14.7 Å². The average Bonchev–Trinajstić information content (AvgIpc) is 2.67. The van der Waals surface area contributed by atoms with E-state index in [4.69, 9.17) is 4.74 Å². The molecular formula is C22H25NO4. The van der Waals surface area contributed by atoms with Crippen LogP contribution in [0.4, 0.5) is 4.79 Å². The van der Waals surface area contributed by atoms with Crippen LogP contribution in [0.15, 0.2) is 54.6 Å². The van der Waals surface area contributed by atoms with Crippen LogP contribution in [-0.2, 0) is 16.1 Å². The Morgan fingerprint density at radius 2 is 1.81 bits per heavy atom. The van der Waals surface area contributed by atoms with Crippen LogP contribution in [0.25, 0.3) is 0 Å². The fraction of sp³-hybridized carbons (Fsp3) is 0.364. The Labute approximate surface area is 159 Å². The summed E-state index contributed by atoms with van der Waals surface area (Å²) in [5.41, 5.74) is 2.85. The van der Waals surface area contributed by atoms with E-state index < -0.39 is 11.9 Å². The van der Waals surface area contributed by atoms with Gasteiger partial charge in [-0.2, -0.15) is 0 Å². The summed E-state index contributed by atoms with van der Waals surface area (Å²) in [5.74, 6) is -1.32. The summed E-state index contributed by atoms with van der Waals surface area (Å²) >= 11 is 0. The van der Waals surface area contributed by atoms with Gasteiger partial charge in [-0.1, -0.05) is 60.2 Å². The molecule has 1 N–H and O–H groups in total. The minimum Gasteiger partial charge on any atom is -0.481 e. The van der Waals surface area contributed by atoms with E-state index >= 15 is 0 Å². The molecule has 1 aliphatic heterocycles. The molecule has 0 radical (unpaired) electrons. The number of aliphatic carboxylic acids is 1. The number of ether oxygens (including phenoxy) is 1. The molecule has 142 valence electrons. The maximum Gasteiger partial charge on any atom is 0.410 e. The topological polar surface area (TPSA) is 66.8 Å². The van der Waals surface area contributed by atoms with Gasteiger partial charge in [0.05, 0.1) is 5.92 Å². The van der Waals surface area contributed by atoms with Crippen molar-refractivity contribution in [3.63, 3.8) is 0 Å². The van der Waals surface area contributed by atoms with Crippen molar-refractivity contribution >= 4 is 12.1 Å². The molecule has 2 aromatic carbocycles. The van der Waals surface area contributed by atoms with Gasteiger partial charge in [-0.3, -0.25) is 4.79 Å². The summed E-state index contributed by atoms with van der Waals surface area (Å²) in [6.45, 7) is 3.26. The molecule has 1 aliphatic rings. The maximum absolute atomic E-state index is 12.3. The first kappa shape index (κ1) is 19.0. The quantitative estimate of drug-likeness (QED) is 0.859. The number of carbonyl (C=O) groups excluding carboxylic acids is 1. The lowest BCUT2D eigenvalue weighted by Gasteiger charge is -2.34. The van der Waals surface area contributed by atoms with Gasteiger partial charge in [-0.15, -0.1) is 0 Å². The van der Waals surface area contributed by atoms with Gasteiger partial charge < -0.3 is 14.7 Å². The number of carboxylic acids is 1. The highest BCUT2D eigenvalue weighted by Gasteiger charge is 2.34. The number of benzene rings is 2. The van der Waals surface area contributed by atoms with Gasteiger partial charge in [0, 0.05) is 13.1 Å². The minimum atomic E-state index is -0.800. The summed E-state index contributed by atoms with van der Waals surface area (Å²) in [6, 6.07) is 17.3. The first-order valence-corrected chi connectivity index (χ1v) is 9.29. The number of rotatable bonds is 5. The zero-order valence-corrected chi connectivity index (χ0v) is 15.5. The zero-order valence-electron chi connectivity index (χ0n) is 15.5. The normalized spacial score (nSPS) is 16.0. The molecule has 0 aromatic heterocycles. The molecular weight excluding hydrogens is 342 g/mol. The van der Waals surface area contributed by atoms with Crippen LogP contribution in [0, 0.1) is 12.8 Å². The van der Waals surface area contributed by atoms with Crippen LogP contribution < -0.4 is 0 Å². The number of piperidine rings is 1. The molecule has 2 aromatic rings. The molecule has 0 saturated carbocycles. The first-order chi connectivity index (χ1) is 13.0. The van der Waals surface area contributed by atoms with Crippen LogP contribution in [0.3, 0.4) is 0 Å². The Hall–Kier alpha value is -2.82. The standard InChI is InChI=1S/C22H25NO4/c1-16-6-5-9-19(14-16)20(21(24)25)18-10-12-23(13-11-18)22(26)27-15-17-7-3-2-4-8-17/h2-9,14,18,20H,10-13,15H2,1H3,(H,24,25). The zero-order chi connectivity index (χ0) is 19.2. The SMILES string of the molecule is Cc1cccc(C(C(=O)O)C2CCN(C(=O)OCc3ccccc3)CC2)c1. The van der Waals surface area contributed by atoms with Gasteiger partial charge in [0.1, 0.15) is 6.61 Å². The van der Waals surface area contributed by atoms with E-state index in [-0.39, 0.29) is 18.6 Å². The second-order valence-electron chi connectivity index (χ2n) is 7.09. The number of nitrogens with zero attached hydrogens (tertiary/aromatic N) is 1. The van der Waals surface area contributed by atoms with Crippen LogP contribution in [-0.4, -0.2) is 35.2 Å². The van der Waals surface area contributed by atoms with Crippen molar-refractivity contribution in [3.05, 3.63) is 71.3 Å². The predicted molar refractivity (Wildman–Crippen MR) is 102 cm³/mol. The monoisotopic (exact) mass is 367 g/mol.